The Kier molecular flexibility index (Phi) is 4.94. The molecule has 0 amide bonds. The number of benzene rings is 1. The van der Waals surface area contributed by atoms with E-state index in [9.17, 15) is 4.79 Å². The van der Waals surface area contributed by atoms with Gasteiger partial charge in [-0.2, -0.15) is 0 Å². The van der Waals surface area contributed by atoms with Crippen molar-refractivity contribution in [3.05, 3.63) is 47.9 Å². The van der Waals surface area contributed by atoms with Crippen LogP contribution in [0, 0.1) is 0 Å². The molecular weight excluding hydrogens is 344 g/mol. The number of nitrogens with two attached hydrogens (primary N) is 1. The van der Waals surface area contributed by atoms with Crippen molar-refractivity contribution in [2.75, 3.05) is 20.1 Å². The Morgan fingerprint density at radius 3 is 2.64 bits per heavy atom. The molecule has 0 saturated carbocycles. The van der Waals surface area contributed by atoms with Gasteiger partial charge in [-0.05, 0) is 36.4 Å². The van der Waals surface area contributed by atoms with Crippen LogP contribution in [0.2, 0.25) is 0 Å². The number of nitrogen functional groups attached to an aromatic ring is 1. The van der Waals surface area contributed by atoms with Crippen molar-refractivity contribution in [1.82, 2.24) is 14.9 Å². The summed E-state index contributed by atoms with van der Waals surface area (Å²) in [5.41, 5.74) is 0.827. The third-order valence-corrected chi connectivity index (χ3v) is 4.37. The Bertz CT molecular complexity index is 873. The highest BCUT2D eigenvalue weighted by Crippen LogP contribution is 2.26. The zero-order chi connectivity index (χ0) is 17.8. The van der Waals surface area contributed by atoms with Crippen LogP contribution in [0.3, 0.4) is 0 Å². The van der Waals surface area contributed by atoms with Crippen molar-refractivity contribution in [2.24, 2.45) is 0 Å². The van der Waals surface area contributed by atoms with Crippen molar-refractivity contribution >= 4 is 17.7 Å². The van der Waals surface area contributed by atoms with Gasteiger partial charge >= 0.3 is 5.97 Å². The quantitative estimate of drug-likeness (QED) is 0.406. The summed E-state index contributed by atoms with van der Waals surface area (Å²) in [5, 5.41) is 8.75. The highest BCUT2D eigenvalue weighted by Gasteiger charge is 2.15. The van der Waals surface area contributed by atoms with Gasteiger partial charge in [0.2, 0.25) is 10.9 Å². The van der Waals surface area contributed by atoms with Gasteiger partial charge in [0.1, 0.15) is 11.5 Å². The Morgan fingerprint density at radius 2 is 1.96 bits per heavy atom. The predicted molar refractivity (Wildman–Crippen MR) is 91.8 cm³/mol. The van der Waals surface area contributed by atoms with Crippen LogP contribution in [-0.2, 0) is 10.5 Å². The lowest BCUT2D eigenvalue weighted by Crippen LogP contribution is -2.11. The van der Waals surface area contributed by atoms with Gasteiger partial charge in [-0.3, -0.25) is 0 Å². The van der Waals surface area contributed by atoms with Gasteiger partial charge < -0.3 is 19.7 Å². The summed E-state index contributed by atoms with van der Waals surface area (Å²) in [7, 11) is 2.91. The maximum atomic E-state index is 11.4. The number of methoxy groups -OCH3 is 2. The van der Waals surface area contributed by atoms with Crippen molar-refractivity contribution in [1.29, 1.82) is 0 Å². The fourth-order valence-electron chi connectivity index (χ4n) is 2.11. The van der Waals surface area contributed by atoms with Gasteiger partial charge in [0, 0.05) is 5.56 Å². The van der Waals surface area contributed by atoms with Gasteiger partial charge in [-0.1, -0.05) is 11.8 Å². The molecule has 0 aliphatic rings. The SMILES string of the molecule is COC(=O)c1ccc(CSc2nnc(-c3ccc(OC)cc3)n2N)o1. The van der Waals surface area contributed by atoms with E-state index in [0.29, 0.717) is 22.5 Å². The molecule has 3 rings (SSSR count). The molecule has 0 aliphatic heterocycles. The van der Waals surface area contributed by atoms with E-state index in [1.165, 1.54) is 23.5 Å². The van der Waals surface area contributed by atoms with Gasteiger partial charge in [-0.15, -0.1) is 10.2 Å². The molecule has 0 unspecified atom stereocenters. The van der Waals surface area contributed by atoms with Crippen molar-refractivity contribution in [3.63, 3.8) is 0 Å². The van der Waals surface area contributed by atoms with Crippen LogP contribution in [-0.4, -0.2) is 35.1 Å². The zero-order valence-corrected chi connectivity index (χ0v) is 14.4. The smallest absolute Gasteiger partial charge is 0.373 e. The normalized spacial score (nSPS) is 10.6. The van der Waals surface area contributed by atoms with Crippen molar-refractivity contribution < 1.29 is 18.7 Å². The lowest BCUT2D eigenvalue weighted by Gasteiger charge is -2.04. The Labute approximate surface area is 147 Å². The minimum absolute atomic E-state index is 0.159. The molecule has 1 aromatic carbocycles. The standard InChI is InChI=1S/C16H16N4O4S/c1-22-11-5-3-10(4-6-11)14-18-19-16(20(14)17)25-9-12-7-8-13(24-12)15(21)23-2/h3-8H,9,17H2,1-2H3. The lowest BCUT2D eigenvalue weighted by atomic mass is 10.2. The average Bonchev–Trinajstić information content (AvgIpc) is 3.26. The summed E-state index contributed by atoms with van der Waals surface area (Å²) in [5.74, 6) is 8.08. The number of carbonyl (C=O) groups is 1. The van der Waals surface area contributed by atoms with Crippen molar-refractivity contribution in [3.8, 4) is 17.1 Å². The molecule has 3 aromatic rings. The Balaban J connectivity index is 1.70. The Hall–Kier alpha value is -2.94. The molecule has 0 saturated heterocycles. The van der Waals surface area contributed by atoms with E-state index < -0.39 is 5.97 Å². The highest BCUT2D eigenvalue weighted by molar-refractivity contribution is 7.98. The molecule has 2 aromatic heterocycles. The lowest BCUT2D eigenvalue weighted by molar-refractivity contribution is 0.0563. The molecule has 2 heterocycles. The number of rotatable bonds is 6. The molecule has 0 radical (unpaired) electrons. The first-order chi connectivity index (χ1) is 12.1. The maximum absolute atomic E-state index is 11.4. The fraction of sp³-hybridized carbons (Fsp3) is 0.188. The first-order valence-electron chi connectivity index (χ1n) is 7.27. The first kappa shape index (κ1) is 16.9. The van der Waals surface area contributed by atoms with Gasteiger partial charge in [0.05, 0.1) is 20.0 Å². The molecule has 0 fully saturated rings. The molecule has 9 heteroatoms. The van der Waals surface area contributed by atoms with Gasteiger partial charge in [-0.25, -0.2) is 9.47 Å². The van der Waals surface area contributed by atoms with E-state index in [4.69, 9.17) is 15.0 Å². The van der Waals surface area contributed by atoms with Gasteiger partial charge in [0.25, 0.3) is 0 Å². The van der Waals surface area contributed by atoms with Gasteiger partial charge in [0.15, 0.2) is 5.82 Å². The number of carbonyl (C=O) groups excluding carboxylic acids is 1. The number of nitrogens with zero attached hydrogens (tertiary/aromatic N) is 3. The molecule has 0 atom stereocenters. The van der Waals surface area contributed by atoms with E-state index in [0.717, 1.165) is 11.3 Å². The molecule has 0 spiro atoms. The van der Waals surface area contributed by atoms with Crippen LogP contribution < -0.4 is 10.6 Å². The number of hydrogen-bond acceptors (Lipinski definition) is 8. The second-order valence-electron chi connectivity index (χ2n) is 4.95. The molecular formula is C16H16N4O4S. The highest BCUT2D eigenvalue weighted by atomic mass is 32.2. The Morgan fingerprint density at radius 1 is 1.20 bits per heavy atom. The molecule has 25 heavy (non-hydrogen) atoms. The summed E-state index contributed by atoms with van der Waals surface area (Å²) in [6.07, 6.45) is 0. The van der Waals surface area contributed by atoms with E-state index >= 15 is 0 Å². The fourth-order valence-corrected chi connectivity index (χ4v) is 2.86. The number of hydrogen-bond donors (Lipinski definition) is 1. The summed E-state index contributed by atoms with van der Waals surface area (Å²) in [6, 6.07) is 10.6. The number of furan rings is 1. The van der Waals surface area contributed by atoms with Crippen LogP contribution in [0.25, 0.3) is 11.4 Å². The third kappa shape index (κ3) is 3.61. The van der Waals surface area contributed by atoms with E-state index in [2.05, 4.69) is 14.9 Å². The zero-order valence-electron chi connectivity index (χ0n) is 13.6. The second kappa shape index (κ2) is 7.31. The van der Waals surface area contributed by atoms with E-state index in [-0.39, 0.29) is 5.76 Å². The minimum atomic E-state index is -0.514. The summed E-state index contributed by atoms with van der Waals surface area (Å²) < 4.78 is 16.6. The van der Waals surface area contributed by atoms with Crippen LogP contribution >= 0.6 is 11.8 Å². The number of esters is 1. The largest absolute Gasteiger partial charge is 0.497 e. The number of thioether (sulfide) groups is 1. The molecule has 0 bridgehead atoms. The first-order valence-corrected chi connectivity index (χ1v) is 8.25. The second-order valence-corrected chi connectivity index (χ2v) is 5.89. The molecule has 130 valence electrons. The number of aromatic nitrogens is 3. The maximum Gasteiger partial charge on any atom is 0.373 e. The monoisotopic (exact) mass is 360 g/mol. The predicted octanol–water partition coefficient (Wildman–Crippen LogP) is 2.34. The van der Waals surface area contributed by atoms with Crippen molar-refractivity contribution in [2.45, 2.75) is 10.9 Å². The average molecular weight is 360 g/mol. The van der Waals surface area contributed by atoms with Crippen LogP contribution in [0.4, 0.5) is 0 Å². The minimum Gasteiger partial charge on any atom is -0.497 e. The summed E-state index contributed by atoms with van der Waals surface area (Å²) >= 11 is 1.35. The summed E-state index contributed by atoms with van der Waals surface area (Å²) in [4.78, 5) is 11.4. The number of ether oxygens (including phenoxy) is 2. The molecule has 8 nitrogen and oxygen atoms in total. The van der Waals surface area contributed by atoms with Crippen LogP contribution in [0.5, 0.6) is 5.75 Å². The van der Waals surface area contributed by atoms with E-state index in [1.807, 2.05) is 24.3 Å². The summed E-state index contributed by atoms with van der Waals surface area (Å²) in [6.45, 7) is 0. The topological polar surface area (TPSA) is 105 Å². The van der Waals surface area contributed by atoms with Crippen LogP contribution in [0.15, 0.2) is 46.0 Å². The van der Waals surface area contributed by atoms with Crippen LogP contribution in [0.1, 0.15) is 16.3 Å². The third-order valence-electron chi connectivity index (χ3n) is 3.40. The van der Waals surface area contributed by atoms with E-state index in [1.54, 1.807) is 19.2 Å². The molecule has 0 aliphatic carbocycles. The molecule has 2 N–H and O–H groups in total.